The summed E-state index contributed by atoms with van der Waals surface area (Å²) in [6.07, 6.45) is 4.98. The number of carboxylic acids is 1. The molecule has 17 heavy (non-hydrogen) atoms. The molecule has 5 nitrogen and oxygen atoms in total. The van der Waals surface area contributed by atoms with Crippen molar-refractivity contribution in [3.05, 3.63) is 0 Å². The SMILES string of the molecule is CC1CCCS1.CCCCC(=O)O.NC(N)=O. The fourth-order valence-corrected chi connectivity index (χ4v) is 2.14. The highest BCUT2D eigenvalue weighted by Crippen LogP contribution is 2.24. The van der Waals surface area contributed by atoms with E-state index in [2.05, 4.69) is 30.2 Å². The van der Waals surface area contributed by atoms with Crippen molar-refractivity contribution in [1.29, 1.82) is 0 Å². The van der Waals surface area contributed by atoms with Crippen LogP contribution in [0.3, 0.4) is 0 Å². The van der Waals surface area contributed by atoms with E-state index in [0.29, 0.717) is 6.42 Å². The summed E-state index contributed by atoms with van der Waals surface area (Å²) in [6, 6.07) is -0.833. The fourth-order valence-electron chi connectivity index (χ4n) is 1.07. The van der Waals surface area contributed by atoms with Crippen LogP contribution in [0.2, 0.25) is 0 Å². The maximum atomic E-state index is 9.76. The van der Waals surface area contributed by atoms with E-state index in [1.54, 1.807) is 0 Å². The highest BCUT2D eigenvalue weighted by atomic mass is 32.2. The number of primary amides is 2. The van der Waals surface area contributed by atoms with E-state index < -0.39 is 12.0 Å². The number of amides is 2. The molecule has 0 aromatic rings. The lowest BCUT2D eigenvalue weighted by Crippen LogP contribution is -2.18. The van der Waals surface area contributed by atoms with Crippen LogP contribution in [0.25, 0.3) is 0 Å². The number of carbonyl (C=O) groups excluding carboxylic acids is 1. The third-order valence-corrected chi connectivity index (χ3v) is 3.23. The molecular formula is C11H24N2O3S. The van der Waals surface area contributed by atoms with Crippen molar-refractivity contribution < 1.29 is 14.7 Å². The number of carbonyl (C=O) groups is 2. The van der Waals surface area contributed by atoms with Gasteiger partial charge in [-0.1, -0.05) is 20.3 Å². The Morgan fingerprint density at radius 3 is 2.06 bits per heavy atom. The van der Waals surface area contributed by atoms with Crippen molar-refractivity contribution in [3.8, 4) is 0 Å². The molecule has 1 fully saturated rings. The lowest BCUT2D eigenvalue weighted by molar-refractivity contribution is -0.137. The Bertz CT molecular complexity index is 203. The summed E-state index contributed by atoms with van der Waals surface area (Å²) in [5, 5.41) is 9.01. The van der Waals surface area contributed by atoms with Gasteiger partial charge in [-0.15, -0.1) is 0 Å². The van der Waals surface area contributed by atoms with E-state index in [1.165, 1.54) is 18.6 Å². The van der Waals surface area contributed by atoms with Crippen molar-refractivity contribution in [2.75, 3.05) is 5.75 Å². The minimum Gasteiger partial charge on any atom is -0.481 e. The summed E-state index contributed by atoms with van der Waals surface area (Å²) in [6.45, 7) is 4.28. The first-order valence-electron chi connectivity index (χ1n) is 5.78. The van der Waals surface area contributed by atoms with Gasteiger partial charge in [-0.3, -0.25) is 4.79 Å². The van der Waals surface area contributed by atoms with Crippen LogP contribution in [0.4, 0.5) is 4.79 Å². The van der Waals surface area contributed by atoms with Gasteiger partial charge in [0.25, 0.3) is 0 Å². The first-order chi connectivity index (χ1) is 7.90. The molecule has 0 saturated carbocycles. The number of thioether (sulfide) groups is 1. The topological polar surface area (TPSA) is 106 Å². The van der Waals surface area contributed by atoms with Crippen LogP contribution in [0, 0.1) is 0 Å². The molecule has 5 N–H and O–H groups in total. The van der Waals surface area contributed by atoms with Gasteiger partial charge in [0.2, 0.25) is 0 Å². The molecule has 2 amide bonds. The molecule has 6 heteroatoms. The smallest absolute Gasteiger partial charge is 0.309 e. The van der Waals surface area contributed by atoms with Crippen LogP contribution in [0.1, 0.15) is 46.0 Å². The van der Waals surface area contributed by atoms with Crippen LogP contribution in [0.5, 0.6) is 0 Å². The summed E-state index contributed by atoms with van der Waals surface area (Å²) in [5.74, 6) is 0.711. The zero-order valence-electron chi connectivity index (χ0n) is 10.6. The molecule has 0 aromatic carbocycles. The second-order valence-electron chi connectivity index (χ2n) is 3.72. The average Bonchev–Trinajstić information content (AvgIpc) is 2.66. The lowest BCUT2D eigenvalue weighted by atomic mass is 10.3. The minimum absolute atomic E-state index is 0.316. The second kappa shape index (κ2) is 13.2. The van der Waals surface area contributed by atoms with E-state index in [0.717, 1.165) is 18.1 Å². The third kappa shape index (κ3) is 25.4. The number of unbranched alkanes of at least 4 members (excludes halogenated alkanes) is 1. The molecule has 1 aliphatic heterocycles. The molecule has 1 aliphatic rings. The number of rotatable bonds is 3. The molecule has 1 atom stereocenters. The van der Waals surface area contributed by atoms with Gasteiger partial charge < -0.3 is 16.6 Å². The first-order valence-corrected chi connectivity index (χ1v) is 6.83. The van der Waals surface area contributed by atoms with Crippen molar-refractivity contribution in [3.63, 3.8) is 0 Å². The van der Waals surface area contributed by atoms with Crippen LogP contribution >= 0.6 is 11.8 Å². The highest BCUT2D eigenvalue weighted by Gasteiger charge is 2.07. The fraction of sp³-hybridized carbons (Fsp3) is 0.818. The Labute approximate surface area is 107 Å². The van der Waals surface area contributed by atoms with Gasteiger partial charge in [-0.25, -0.2) is 4.79 Å². The Hall–Kier alpha value is -0.910. The molecule has 1 heterocycles. The van der Waals surface area contributed by atoms with Crippen molar-refractivity contribution in [1.82, 2.24) is 0 Å². The van der Waals surface area contributed by atoms with Gasteiger partial charge in [-0.05, 0) is 25.0 Å². The molecule has 1 unspecified atom stereocenters. The maximum absolute atomic E-state index is 9.76. The number of hydrogen-bond acceptors (Lipinski definition) is 3. The van der Waals surface area contributed by atoms with Gasteiger partial charge >= 0.3 is 12.0 Å². The largest absolute Gasteiger partial charge is 0.481 e. The van der Waals surface area contributed by atoms with Crippen LogP contribution in [-0.2, 0) is 4.79 Å². The molecule has 0 aromatic heterocycles. The molecule has 102 valence electrons. The Balaban J connectivity index is 0. The van der Waals surface area contributed by atoms with Gasteiger partial charge in [0.05, 0.1) is 0 Å². The zero-order valence-corrected chi connectivity index (χ0v) is 11.5. The summed E-state index contributed by atoms with van der Waals surface area (Å²) < 4.78 is 0. The van der Waals surface area contributed by atoms with E-state index in [-0.39, 0.29) is 0 Å². The molecule has 0 spiro atoms. The minimum atomic E-state index is -0.833. The monoisotopic (exact) mass is 264 g/mol. The predicted molar refractivity (Wildman–Crippen MR) is 72.1 cm³/mol. The molecule has 0 bridgehead atoms. The predicted octanol–water partition coefficient (Wildman–Crippen LogP) is 2.19. The Morgan fingerprint density at radius 2 is 1.94 bits per heavy atom. The average molecular weight is 264 g/mol. The maximum Gasteiger partial charge on any atom is 0.309 e. The summed E-state index contributed by atoms with van der Waals surface area (Å²) in [5.41, 5.74) is 8.50. The Morgan fingerprint density at radius 1 is 1.41 bits per heavy atom. The van der Waals surface area contributed by atoms with E-state index in [1.807, 2.05) is 6.92 Å². The van der Waals surface area contributed by atoms with Crippen molar-refractivity contribution in [2.24, 2.45) is 11.5 Å². The first kappa shape index (κ1) is 18.5. The van der Waals surface area contributed by atoms with Crippen LogP contribution < -0.4 is 11.5 Å². The van der Waals surface area contributed by atoms with E-state index >= 15 is 0 Å². The number of nitrogens with two attached hydrogens (primary N) is 2. The standard InChI is InChI=1S/C5H10O2.C5H10S.CH4N2O/c1-2-3-4-5(6)7;1-5-3-2-4-6-5;2-1(3)4/h2-4H2,1H3,(H,6,7);5H,2-4H2,1H3;(H4,2,3,4). The van der Waals surface area contributed by atoms with Crippen LogP contribution in [-0.4, -0.2) is 28.1 Å². The second-order valence-corrected chi connectivity index (χ2v) is 5.27. The number of urea groups is 1. The molecule has 1 rings (SSSR count). The Kier molecular flexibility index (Phi) is 14.3. The van der Waals surface area contributed by atoms with Gasteiger partial charge in [0, 0.05) is 11.7 Å². The number of aliphatic carboxylic acids is 1. The summed E-state index contributed by atoms with van der Waals surface area (Å²) in [7, 11) is 0. The number of hydrogen-bond donors (Lipinski definition) is 3. The highest BCUT2D eigenvalue weighted by molar-refractivity contribution is 8.00. The number of carboxylic acid groups (broad SMARTS) is 1. The summed E-state index contributed by atoms with van der Waals surface area (Å²) in [4.78, 5) is 18.8. The molecule has 1 saturated heterocycles. The van der Waals surface area contributed by atoms with E-state index in [9.17, 15) is 4.79 Å². The quantitative estimate of drug-likeness (QED) is 0.726. The summed E-state index contributed by atoms with van der Waals surface area (Å²) >= 11 is 2.10. The molecule has 0 aliphatic carbocycles. The van der Waals surface area contributed by atoms with Gasteiger partial charge in [-0.2, -0.15) is 11.8 Å². The molecular weight excluding hydrogens is 240 g/mol. The van der Waals surface area contributed by atoms with Crippen LogP contribution in [0.15, 0.2) is 0 Å². The van der Waals surface area contributed by atoms with Gasteiger partial charge in [0.1, 0.15) is 0 Å². The lowest BCUT2D eigenvalue weighted by Gasteiger charge is -1.91. The van der Waals surface area contributed by atoms with E-state index in [4.69, 9.17) is 9.90 Å². The van der Waals surface area contributed by atoms with Crippen molar-refractivity contribution >= 4 is 23.8 Å². The third-order valence-electron chi connectivity index (χ3n) is 1.90. The molecule has 0 radical (unpaired) electrons. The van der Waals surface area contributed by atoms with Crippen molar-refractivity contribution in [2.45, 2.75) is 51.2 Å². The zero-order chi connectivity index (χ0) is 13.7. The van der Waals surface area contributed by atoms with Gasteiger partial charge in [0.15, 0.2) is 0 Å². The normalized spacial score (nSPS) is 17.2.